The smallest absolute Gasteiger partial charge is 0.240 e. The van der Waals surface area contributed by atoms with Crippen molar-refractivity contribution in [3.63, 3.8) is 0 Å². The van der Waals surface area contributed by atoms with Crippen molar-refractivity contribution in [3.05, 3.63) is 63.1 Å². The van der Waals surface area contributed by atoms with Crippen LogP contribution in [-0.2, 0) is 9.59 Å². The fourth-order valence-corrected chi connectivity index (χ4v) is 2.85. The van der Waals surface area contributed by atoms with E-state index in [-0.39, 0.29) is 24.7 Å². The van der Waals surface area contributed by atoms with E-state index in [1.807, 2.05) is 57.2 Å². The summed E-state index contributed by atoms with van der Waals surface area (Å²) in [5, 5.41) is 6.79. The molecule has 0 heterocycles. The van der Waals surface area contributed by atoms with E-state index in [4.69, 9.17) is 0 Å². The van der Waals surface area contributed by atoms with Gasteiger partial charge in [-0.05, 0) is 49.6 Å². The van der Waals surface area contributed by atoms with Gasteiger partial charge in [-0.25, -0.2) is 5.43 Å². The Kier molecular flexibility index (Phi) is 7.09. The highest BCUT2D eigenvalue weighted by Crippen LogP contribution is 2.22. The van der Waals surface area contributed by atoms with Gasteiger partial charge in [-0.2, -0.15) is 5.10 Å². The van der Waals surface area contributed by atoms with Crippen LogP contribution in [0.1, 0.15) is 35.1 Å². The second kappa shape index (κ2) is 9.29. The second-order valence-corrected chi connectivity index (χ2v) is 7.08. The van der Waals surface area contributed by atoms with E-state index in [0.717, 1.165) is 32.4 Å². The predicted octanol–water partition coefficient (Wildman–Crippen LogP) is 4.24. The Hall–Kier alpha value is -2.47. The number of hydrogen-bond donors (Lipinski definition) is 2. The first-order chi connectivity index (χ1) is 12.3. The summed E-state index contributed by atoms with van der Waals surface area (Å²) >= 11 is 3.35. The molecule has 0 radical (unpaired) electrons. The fourth-order valence-electron chi connectivity index (χ4n) is 2.59. The van der Waals surface area contributed by atoms with Crippen molar-refractivity contribution >= 4 is 39.6 Å². The van der Waals surface area contributed by atoms with Crippen LogP contribution in [0.15, 0.2) is 46.0 Å². The van der Waals surface area contributed by atoms with E-state index in [2.05, 4.69) is 31.8 Å². The van der Waals surface area contributed by atoms with Crippen molar-refractivity contribution in [1.29, 1.82) is 0 Å². The molecule has 2 aromatic carbocycles. The average molecular weight is 416 g/mol. The Labute approximate surface area is 162 Å². The minimum Gasteiger partial charge on any atom is -0.326 e. The summed E-state index contributed by atoms with van der Waals surface area (Å²) in [7, 11) is 0. The molecule has 26 heavy (non-hydrogen) atoms. The molecule has 0 spiro atoms. The lowest BCUT2D eigenvalue weighted by molar-refractivity contribution is -0.124. The van der Waals surface area contributed by atoms with Crippen LogP contribution in [0.5, 0.6) is 0 Å². The Morgan fingerprint density at radius 3 is 2.19 bits per heavy atom. The quantitative estimate of drug-likeness (QED) is 0.546. The number of aryl methyl sites for hydroxylation is 3. The minimum absolute atomic E-state index is 0.0769. The van der Waals surface area contributed by atoms with Crippen LogP contribution in [0.3, 0.4) is 0 Å². The number of nitrogens with one attached hydrogen (secondary N) is 2. The molecule has 0 aliphatic carbocycles. The number of carbonyl (C=O) groups excluding carboxylic acids is 2. The topological polar surface area (TPSA) is 70.6 Å². The summed E-state index contributed by atoms with van der Waals surface area (Å²) in [6, 6.07) is 11.6. The minimum atomic E-state index is -0.300. The molecule has 2 amide bonds. The maximum absolute atomic E-state index is 12.1. The van der Waals surface area contributed by atoms with Gasteiger partial charge in [0.15, 0.2) is 0 Å². The van der Waals surface area contributed by atoms with E-state index in [1.165, 1.54) is 0 Å². The number of anilines is 1. The van der Waals surface area contributed by atoms with Crippen molar-refractivity contribution in [2.75, 3.05) is 5.32 Å². The fraction of sp³-hybridized carbons (Fsp3) is 0.250. The van der Waals surface area contributed by atoms with E-state index in [1.54, 1.807) is 6.21 Å². The van der Waals surface area contributed by atoms with Gasteiger partial charge in [0.05, 0.1) is 6.21 Å². The number of amides is 2. The molecule has 0 unspecified atom stereocenters. The lowest BCUT2D eigenvalue weighted by atomic mass is 10.0. The first kappa shape index (κ1) is 19.8. The van der Waals surface area contributed by atoms with E-state index in [9.17, 15) is 9.59 Å². The van der Waals surface area contributed by atoms with Gasteiger partial charge in [-0.3, -0.25) is 9.59 Å². The Bertz CT molecular complexity index is 806. The molecule has 0 aliphatic heterocycles. The number of benzene rings is 2. The second-order valence-electron chi connectivity index (χ2n) is 6.17. The summed E-state index contributed by atoms with van der Waals surface area (Å²) in [4.78, 5) is 23.9. The highest BCUT2D eigenvalue weighted by molar-refractivity contribution is 9.10. The van der Waals surface area contributed by atoms with Crippen molar-refractivity contribution in [1.82, 2.24) is 5.43 Å². The molecule has 0 aliphatic rings. The van der Waals surface area contributed by atoms with Crippen LogP contribution in [0, 0.1) is 20.8 Å². The molecule has 5 nitrogen and oxygen atoms in total. The lowest BCUT2D eigenvalue weighted by Crippen LogP contribution is -2.21. The normalized spacial score (nSPS) is 10.8. The van der Waals surface area contributed by atoms with Gasteiger partial charge in [0.25, 0.3) is 0 Å². The number of rotatable bonds is 6. The molecule has 6 heteroatoms. The molecule has 2 rings (SSSR count). The van der Waals surface area contributed by atoms with Crippen LogP contribution < -0.4 is 10.7 Å². The Morgan fingerprint density at radius 2 is 1.58 bits per heavy atom. The Balaban J connectivity index is 1.80. The van der Waals surface area contributed by atoms with Gasteiger partial charge in [-0.1, -0.05) is 45.8 Å². The maximum Gasteiger partial charge on any atom is 0.240 e. The predicted molar refractivity (Wildman–Crippen MR) is 108 cm³/mol. The van der Waals surface area contributed by atoms with Crippen LogP contribution in [0.4, 0.5) is 5.69 Å². The van der Waals surface area contributed by atoms with Crippen LogP contribution in [0.25, 0.3) is 0 Å². The van der Waals surface area contributed by atoms with Crippen molar-refractivity contribution in [2.45, 2.75) is 33.6 Å². The molecule has 2 aromatic rings. The summed E-state index contributed by atoms with van der Waals surface area (Å²) in [5.41, 5.74) is 7.30. The highest BCUT2D eigenvalue weighted by Gasteiger charge is 2.10. The van der Waals surface area contributed by atoms with E-state index >= 15 is 0 Å². The van der Waals surface area contributed by atoms with Gasteiger partial charge in [-0.15, -0.1) is 0 Å². The molecule has 0 atom stereocenters. The Morgan fingerprint density at radius 1 is 1.00 bits per heavy atom. The lowest BCUT2D eigenvalue weighted by Gasteiger charge is -2.12. The largest absolute Gasteiger partial charge is 0.326 e. The summed E-state index contributed by atoms with van der Waals surface area (Å²) < 4.78 is 0.976. The molecule has 0 aromatic heterocycles. The zero-order valence-electron chi connectivity index (χ0n) is 15.1. The van der Waals surface area contributed by atoms with Gasteiger partial charge in [0.2, 0.25) is 11.8 Å². The molecule has 136 valence electrons. The molecule has 0 saturated heterocycles. The number of carbonyl (C=O) groups is 2. The average Bonchev–Trinajstić information content (AvgIpc) is 2.58. The number of halogens is 1. The van der Waals surface area contributed by atoms with Crippen molar-refractivity contribution in [2.24, 2.45) is 5.10 Å². The molecule has 0 bridgehead atoms. The maximum atomic E-state index is 12.1. The third-order valence-corrected chi connectivity index (χ3v) is 4.32. The molecular weight excluding hydrogens is 394 g/mol. The van der Waals surface area contributed by atoms with Gasteiger partial charge < -0.3 is 5.32 Å². The number of hydrazone groups is 1. The number of nitrogens with zero attached hydrogens (tertiary/aromatic N) is 1. The summed E-state index contributed by atoms with van der Waals surface area (Å²) in [6.45, 7) is 5.93. The molecule has 0 saturated carbocycles. The third-order valence-electron chi connectivity index (χ3n) is 3.79. The summed E-state index contributed by atoms with van der Waals surface area (Å²) in [5.74, 6) is -0.488. The van der Waals surface area contributed by atoms with Gasteiger partial charge in [0.1, 0.15) is 0 Å². The van der Waals surface area contributed by atoms with E-state index in [0.29, 0.717) is 0 Å². The van der Waals surface area contributed by atoms with Gasteiger partial charge >= 0.3 is 0 Å². The highest BCUT2D eigenvalue weighted by atomic mass is 79.9. The standard InChI is InChI=1S/C20H22BrN3O2/c1-13-10-14(2)20(15(3)11-13)23-18(25)8-9-19(26)24-22-12-16-4-6-17(21)7-5-16/h4-7,10-12H,8-9H2,1-3H3,(H,23,25)(H,24,26)/b22-12-. The van der Waals surface area contributed by atoms with Crippen LogP contribution >= 0.6 is 15.9 Å². The monoisotopic (exact) mass is 415 g/mol. The van der Waals surface area contributed by atoms with Crippen molar-refractivity contribution < 1.29 is 9.59 Å². The molecule has 2 N–H and O–H groups in total. The first-order valence-corrected chi connectivity index (χ1v) is 9.09. The zero-order valence-corrected chi connectivity index (χ0v) is 16.7. The molecular formula is C20H22BrN3O2. The summed E-state index contributed by atoms with van der Waals surface area (Å²) in [6.07, 6.45) is 1.74. The number of hydrogen-bond acceptors (Lipinski definition) is 3. The third kappa shape index (κ3) is 6.11. The van der Waals surface area contributed by atoms with Crippen LogP contribution in [-0.4, -0.2) is 18.0 Å². The van der Waals surface area contributed by atoms with Crippen molar-refractivity contribution in [3.8, 4) is 0 Å². The molecule has 0 fully saturated rings. The zero-order chi connectivity index (χ0) is 19.1. The van der Waals surface area contributed by atoms with E-state index < -0.39 is 0 Å². The van der Waals surface area contributed by atoms with Crippen LogP contribution in [0.2, 0.25) is 0 Å². The first-order valence-electron chi connectivity index (χ1n) is 8.30. The SMILES string of the molecule is Cc1cc(C)c(NC(=O)CCC(=O)N/N=C\c2ccc(Br)cc2)c(C)c1. The van der Waals surface area contributed by atoms with Gasteiger partial charge in [0, 0.05) is 23.0 Å².